The molecule has 1 fully saturated rings. The van der Waals surface area contributed by atoms with Crippen molar-refractivity contribution in [2.75, 3.05) is 31.6 Å². The lowest BCUT2D eigenvalue weighted by molar-refractivity contribution is 0.220. The van der Waals surface area contributed by atoms with Crippen molar-refractivity contribution in [3.05, 3.63) is 30.1 Å². The predicted octanol–water partition coefficient (Wildman–Crippen LogP) is 2.80. The molecule has 0 radical (unpaired) electrons. The van der Waals surface area contributed by atoms with Crippen LogP contribution in [0.2, 0.25) is 0 Å². The van der Waals surface area contributed by atoms with Gasteiger partial charge in [-0.05, 0) is 44.0 Å². The fourth-order valence-corrected chi connectivity index (χ4v) is 3.11. The summed E-state index contributed by atoms with van der Waals surface area (Å²) >= 11 is 1.21. The molecule has 0 amide bonds. The number of hydrogen-bond donors (Lipinski definition) is 1. The second kappa shape index (κ2) is 8.79. The van der Waals surface area contributed by atoms with Crippen LogP contribution in [-0.4, -0.2) is 44.9 Å². The molecule has 2 aromatic heterocycles. The largest absolute Gasteiger partial charge is 0.478 e. The van der Waals surface area contributed by atoms with Crippen molar-refractivity contribution >= 4 is 17.5 Å². The van der Waals surface area contributed by atoms with Crippen LogP contribution in [0.5, 0.6) is 5.88 Å². The van der Waals surface area contributed by atoms with Gasteiger partial charge in [-0.1, -0.05) is 6.42 Å². The van der Waals surface area contributed by atoms with Crippen LogP contribution in [0, 0.1) is 0 Å². The van der Waals surface area contributed by atoms with E-state index in [-0.39, 0.29) is 0 Å². The predicted molar refractivity (Wildman–Crippen MR) is 91.9 cm³/mol. The van der Waals surface area contributed by atoms with Gasteiger partial charge >= 0.3 is 0 Å². The Hall–Kier alpha value is -1.73. The average Bonchev–Trinajstić information content (AvgIpc) is 3.09. The van der Waals surface area contributed by atoms with E-state index in [4.69, 9.17) is 4.74 Å². The highest BCUT2D eigenvalue weighted by Gasteiger charge is 2.10. The molecule has 0 aliphatic carbocycles. The molecule has 124 valence electrons. The zero-order chi connectivity index (χ0) is 15.7. The van der Waals surface area contributed by atoms with Crippen LogP contribution < -0.4 is 10.1 Å². The zero-order valence-electron chi connectivity index (χ0n) is 13.3. The summed E-state index contributed by atoms with van der Waals surface area (Å²) in [6.45, 7) is 4.87. The van der Waals surface area contributed by atoms with Gasteiger partial charge in [0.1, 0.15) is 0 Å². The SMILES string of the molecule is c1cc(CN2CCCCC2)cc(OCCCNc2cnsn2)n1. The van der Waals surface area contributed by atoms with Gasteiger partial charge in [0.2, 0.25) is 5.88 Å². The number of likely N-dealkylation sites (tertiary alicyclic amines) is 1. The molecule has 0 saturated carbocycles. The van der Waals surface area contributed by atoms with E-state index in [1.165, 1.54) is 49.6 Å². The topological polar surface area (TPSA) is 63.2 Å². The number of piperidine rings is 1. The molecule has 0 bridgehead atoms. The maximum absolute atomic E-state index is 5.75. The van der Waals surface area contributed by atoms with Gasteiger partial charge < -0.3 is 10.1 Å². The van der Waals surface area contributed by atoms with E-state index in [0.717, 1.165) is 31.2 Å². The first-order valence-corrected chi connectivity index (χ1v) is 8.95. The molecular formula is C16H23N5OS. The lowest BCUT2D eigenvalue weighted by Gasteiger charge is -2.26. The van der Waals surface area contributed by atoms with Crippen LogP contribution in [0.15, 0.2) is 24.5 Å². The molecule has 6 nitrogen and oxygen atoms in total. The molecule has 23 heavy (non-hydrogen) atoms. The molecule has 0 aromatic carbocycles. The summed E-state index contributed by atoms with van der Waals surface area (Å²) in [5.41, 5.74) is 1.28. The minimum atomic E-state index is 0.644. The summed E-state index contributed by atoms with van der Waals surface area (Å²) in [7, 11) is 0. The van der Waals surface area contributed by atoms with Crippen LogP contribution in [0.1, 0.15) is 31.2 Å². The second-order valence-corrected chi connectivity index (χ2v) is 6.32. The average molecular weight is 333 g/mol. The van der Waals surface area contributed by atoms with Crippen LogP contribution in [0.3, 0.4) is 0 Å². The smallest absolute Gasteiger partial charge is 0.213 e. The highest BCUT2D eigenvalue weighted by molar-refractivity contribution is 6.99. The van der Waals surface area contributed by atoms with E-state index in [1.807, 2.05) is 6.20 Å². The van der Waals surface area contributed by atoms with Gasteiger partial charge in [0.05, 0.1) is 24.5 Å². The Kier molecular flexibility index (Phi) is 6.16. The van der Waals surface area contributed by atoms with Crippen molar-refractivity contribution in [1.29, 1.82) is 0 Å². The van der Waals surface area contributed by atoms with Gasteiger partial charge in [0, 0.05) is 25.4 Å². The molecule has 7 heteroatoms. The summed E-state index contributed by atoms with van der Waals surface area (Å²) in [5.74, 6) is 1.55. The molecule has 0 spiro atoms. The lowest BCUT2D eigenvalue weighted by atomic mass is 10.1. The first-order valence-electron chi connectivity index (χ1n) is 8.22. The van der Waals surface area contributed by atoms with Crippen LogP contribution in [-0.2, 0) is 6.54 Å². The number of nitrogens with one attached hydrogen (secondary N) is 1. The Bertz CT molecular complexity index is 572. The van der Waals surface area contributed by atoms with E-state index >= 15 is 0 Å². The van der Waals surface area contributed by atoms with Gasteiger partial charge in [0.15, 0.2) is 5.82 Å². The van der Waals surface area contributed by atoms with Gasteiger partial charge in [-0.25, -0.2) is 4.98 Å². The number of nitrogens with zero attached hydrogens (tertiary/aromatic N) is 4. The molecule has 1 aliphatic rings. The fourth-order valence-electron chi connectivity index (χ4n) is 2.71. The van der Waals surface area contributed by atoms with E-state index in [0.29, 0.717) is 6.61 Å². The summed E-state index contributed by atoms with van der Waals surface area (Å²) in [6, 6.07) is 4.14. The third-order valence-corrected chi connectivity index (χ3v) is 4.37. The van der Waals surface area contributed by atoms with Gasteiger partial charge in [0.25, 0.3) is 0 Å². The normalized spacial score (nSPS) is 15.5. The maximum atomic E-state index is 5.75. The number of pyridine rings is 1. The van der Waals surface area contributed by atoms with Crippen molar-refractivity contribution < 1.29 is 4.74 Å². The molecule has 3 heterocycles. The molecule has 1 N–H and O–H groups in total. The molecular weight excluding hydrogens is 310 g/mol. The zero-order valence-corrected chi connectivity index (χ0v) is 14.1. The van der Waals surface area contributed by atoms with Crippen molar-refractivity contribution in [2.24, 2.45) is 0 Å². The van der Waals surface area contributed by atoms with Crippen molar-refractivity contribution in [3.8, 4) is 5.88 Å². The van der Waals surface area contributed by atoms with Crippen LogP contribution in [0.25, 0.3) is 0 Å². The van der Waals surface area contributed by atoms with Crippen molar-refractivity contribution in [2.45, 2.75) is 32.2 Å². The number of anilines is 1. The molecule has 2 aromatic rings. The quantitative estimate of drug-likeness (QED) is 0.750. The highest BCUT2D eigenvalue weighted by atomic mass is 32.1. The summed E-state index contributed by atoms with van der Waals surface area (Å²) in [5, 5.41) is 3.21. The standard InChI is InChI=1S/C16H23N5OS/c1-2-8-21(9-3-1)13-14-5-7-18-16(11-14)22-10-4-6-17-15-12-19-23-20-15/h5,7,11-12H,1-4,6,8-10,13H2,(H,17,20). The number of aromatic nitrogens is 3. The Morgan fingerprint density at radius 3 is 3.00 bits per heavy atom. The van der Waals surface area contributed by atoms with E-state index in [9.17, 15) is 0 Å². The van der Waals surface area contributed by atoms with Gasteiger partial charge in [-0.3, -0.25) is 4.90 Å². The minimum absolute atomic E-state index is 0.644. The maximum Gasteiger partial charge on any atom is 0.213 e. The third-order valence-electron chi connectivity index (χ3n) is 3.89. The van der Waals surface area contributed by atoms with E-state index < -0.39 is 0 Å². The fraction of sp³-hybridized carbons (Fsp3) is 0.562. The Morgan fingerprint density at radius 2 is 2.17 bits per heavy atom. The molecule has 0 atom stereocenters. The van der Waals surface area contributed by atoms with E-state index in [2.05, 4.69) is 36.1 Å². The first kappa shape index (κ1) is 16.1. The minimum Gasteiger partial charge on any atom is -0.478 e. The summed E-state index contributed by atoms with van der Waals surface area (Å²) in [6.07, 6.45) is 8.47. The van der Waals surface area contributed by atoms with E-state index in [1.54, 1.807) is 6.20 Å². The lowest BCUT2D eigenvalue weighted by Crippen LogP contribution is -2.29. The molecule has 3 rings (SSSR count). The number of rotatable bonds is 8. The van der Waals surface area contributed by atoms with Crippen LogP contribution in [0.4, 0.5) is 5.82 Å². The van der Waals surface area contributed by atoms with Crippen molar-refractivity contribution in [1.82, 2.24) is 18.6 Å². The number of ether oxygens (including phenoxy) is 1. The molecule has 1 aliphatic heterocycles. The summed E-state index contributed by atoms with van der Waals surface area (Å²) in [4.78, 5) is 6.81. The Balaban J connectivity index is 1.38. The first-order chi connectivity index (χ1) is 11.4. The number of hydrogen-bond acceptors (Lipinski definition) is 7. The van der Waals surface area contributed by atoms with Gasteiger partial charge in [-0.2, -0.15) is 8.75 Å². The third kappa shape index (κ3) is 5.44. The van der Waals surface area contributed by atoms with Gasteiger partial charge in [-0.15, -0.1) is 0 Å². The second-order valence-electron chi connectivity index (χ2n) is 5.76. The molecule has 1 saturated heterocycles. The van der Waals surface area contributed by atoms with Crippen molar-refractivity contribution in [3.63, 3.8) is 0 Å². The highest BCUT2D eigenvalue weighted by Crippen LogP contribution is 2.15. The van der Waals surface area contributed by atoms with Crippen LogP contribution >= 0.6 is 11.7 Å². The Labute approximate surface area is 141 Å². The monoisotopic (exact) mass is 333 g/mol. The summed E-state index contributed by atoms with van der Waals surface area (Å²) < 4.78 is 13.8. The Morgan fingerprint density at radius 1 is 1.26 bits per heavy atom. The molecule has 0 unspecified atom stereocenters.